The molecule has 19 heavy (non-hydrogen) atoms. The molecule has 0 aromatic heterocycles. The molecule has 1 saturated heterocycles. The van der Waals surface area contributed by atoms with Gasteiger partial charge in [0.1, 0.15) is 6.10 Å². The SMILES string of the molecule is C=C[C@H]1OC(C)(C)O[C@H]1/C=[N+](\[O-])Cc1ccccc1. The summed E-state index contributed by atoms with van der Waals surface area (Å²) in [6.45, 7) is 7.65. The first kappa shape index (κ1) is 13.8. The average Bonchev–Trinajstić information content (AvgIpc) is 2.64. The van der Waals surface area contributed by atoms with Gasteiger partial charge in [0.15, 0.2) is 24.7 Å². The van der Waals surface area contributed by atoms with E-state index in [4.69, 9.17) is 9.47 Å². The molecule has 4 nitrogen and oxygen atoms in total. The first-order valence-electron chi connectivity index (χ1n) is 6.31. The minimum Gasteiger partial charge on any atom is -0.624 e. The molecular weight excluding hydrogens is 242 g/mol. The summed E-state index contributed by atoms with van der Waals surface area (Å²) in [7, 11) is 0. The van der Waals surface area contributed by atoms with Gasteiger partial charge in [0.2, 0.25) is 0 Å². The molecular formula is C15H19NO3. The summed E-state index contributed by atoms with van der Waals surface area (Å²) in [5, 5.41) is 11.9. The van der Waals surface area contributed by atoms with Gasteiger partial charge in [-0.3, -0.25) is 0 Å². The van der Waals surface area contributed by atoms with Gasteiger partial charge in [-0.15, -0.1) is 6.58 Å². The van der Waals surface area contributed by atoms with Gasteiger partial charge in [0.05, 0.1) is 0 Å². The van der Waals surface area contributed by atoms with E-state index in [1.54, 1.807) is 6.08 Å². The third-order valence-electron chi connectivity index (χ3n) is 2.89. The Balaban J connectivity index is 2.06. The lowest BCUT2D eigenvalue weighted by Crippen LogP contribution is -2.26. The van der Waals surface area contributed by atoms with Crippen molar-refractivity contribution in [3.05, 3.63) is 53.8 Å². The Morgan fingerprint density at radius 2 is 1.89 bits per heavy atom. The molecule has 102 valence electrons. The molecule has 1 heterocycles. The Morgan fingerprint density at radius 3 is 2.53 bits per heavy atom. The summed E-state index contributed by atoms with van der Waals surface area (Å²) < 4.78 is 12.2. The first-order chi connectivity index (χ1) is 9.00. The first-order valence-corrected chi connectivity index (χ1v) is 6.31. The fourth-order valence-electron chi connectivity index (χ4n) is 2.09. The van der Waals surface area contributed by atoms with Crippen molar-refractivity contribution < 1.29 is 14.2 Å². The Bertz CT molecular complexity index is 468. The van der Waals surface area contributed by atoms with Crippen molar-refractivity contribution in [1.82, 2.24) is 0 Å². The molecule has 1 aromatic rings. The van der Waals surface area contributed by atoms with Gasteiger partial charge in [-0.05, 0) is 13.8 Å². The van der Waals surface area contributed by atoms with Gasteiger partial charge in [0.25, 0.3) is 0 Å². The monoisotopic (exact) mass is 261 g/mol. The lowest BCUT2D eigenvalue weighted by atomic mass is 10.2. The molecule has 1 aliphatic rings. The third-order valence-corrected chi connectivity index (χ3v) is 2.89. The molecule has 1 aliphatic heterocycles. The van der Waals surface area contributed by atoms with Gasteiger partial charge in [-0.2, -0.15) is 0 Å². The van der Waals surface area contributed by atoms with Crippen molar-refractivity contribution in [1.29, 1.82) is 0 Å². The van der Waals surface area contributed by atoms with E-state index < -0.39 is 11.9 Å². The van der Waals surface area contributed by atoms with Crippen LogP contribution in [0.4, 0.5) is 0 Å². The lowest BCUT2D eigenvalue weighted by molar-refractivity contribution is -0.473. The van der Waals surface area contributed by atoms with Gasteiger partial charge in [-0.25, -0.2) is 4.74 Å². The summed E-state index contributed by atoms with van der Waals surface area (Å²) in [5.41, 5.74) is 0.960. The minimum absolute atomic E-state index is 0.290. The summed E-state index contributed by atoms with van der Waals surface area (Å²) >= 11 is 0. The van der Waals surface area contributed by atoms with E-state index in [0.29, 0.717) is 6.54 Å². The smallest absolute Gasteiger partial charge is 0.183 e. The van der Waals surface area contributed by atoms with E-state index in [2.05, 4.69) is 6.58 Å². The molecule has 0 aliphatic carbocycles. The standard InChI is InChI=1S/C15H19NO3/c1-4-13-14(19-15(2,3)18-13)11-16(17)10-12-8-6-5-7-9-12/h4-9,11,13-14H,1,10H2,2-3H3/b16-11-/t13-,14+/m1/s1. The normalized spacial score (nSPS) is 26.3. The highest BCUT2D eigenvalue weighted by Crippen LogP contribution is 2.27. The fraction of sp³-hybridized carbons (Fsp3) is 0.400. The Morgan fingerprint density at radius 1 is 1.26 bits per heavy atom. The summed E-state index contributed by atoms with van der Waals surface area (Å²) in [4.78, 5) is 0. The highest BCUT2D eigenvalue weighted by atomic mass is 16.7. The molecule has 0 radical (unpaired) electrons. The quantitative estimate of drug-likeness (QED) is 0.275. The molecule has 0 unspecified atom stereocenters. The maximum Gasteiger partial charge on any atom is 0.183 e. The van der Waals surface area contributed by atoms with Crippen LogP contribution in [0.5, 0.6) is 0 Å². The van der Waals surface area contributed by atoms with Gasteiger partial charge in [0, 0.05) is 5.56 Å². The highest BCUT2D eigenvalue weighted by Gasteiger charge is 2.40. The van der Waals surface area contributed by atoms with Crippen molar-refractivity contribution in [2.24, 2.45) is 0 Å². The highest BCUT2D eigenvalue weighted by molar-refractivity contribution is 5.60. The molecule has 4 heteroatoms. The van der Waals surface area contributed by atoms with Crippen molar-refractivity contribution in [2.75, 3.05) is 0 Å². The largest absolute Gasteiger partial charge is 0.624 e. The second kappa shape index (κ2) is 5.55. The van der Waals surface area contributed by atoms with Crippen molar-refractivity contribution in [2.45, 2.75) is 38.4 Å². The number of hydrogen-bond acceptors (Lipinski definition) is 3. The van der Waals surface area contributed by atoms with Crippen molar-refractivity contribution in [3.8, 4) is 0 Å². The van der Waals surface area contributed by atoms with Gasteiger partial charge in [-0.1, -0.05) is 36.4 Å². The van der Waals surface area contributed by atoms with Crippen LogP contribution in [-0.4, -0.2) is 28.9 Å². The van der Waals surface area contributed by atoms with Crippen LogP contribution in [0.25, 0.3) is 0 Å². The zero-order valence-electron chi connectivity index (χ0n) is 11.3. The zero-order chi connectivity index (χ0) is 13.9. The van der Waals surface area contributed by atoms with Crippen LogP contribution in [0.2, 0.25) is 0 Å². The Kier molecular flexibility index (Phi) is 4.02. The molecule has 2 atom stereocenters. The zero-order valence-corrected chi connectivity index (χ0v) is 11.3. The van der Waals surface area contributed by atoms with E-state index in [-0.39, 0.29) is 6.10 Å². The summed E-state index contributed by atoms with van der Waals surface area (Å²) in [6.07, 6.45) is 2.48. The van der Waals surface area contributed by atoms with Gasteiger partial charge < -0.3 is 14.7 Å². The second-order valence-corrected chi connectivity index (χ2v) is 5.01. The van der Waals surface area contributed by atoms with E-state index in [0.717, 1.165) is 10.3 Å². The van der Waals surface area contributed by atoms with Crippen molar-refractivity contribution in [3.63, 3.8) is 0 Å². The molecule has 0 bridgehead atoms. The Labute approximate surface area is 113 Å². The predicted molar refractivity (Wildman–Crippen MR) is 73.9 cm³/mol. The summed E-state index contributed by atoms with van der Waals surface area (Å²) in [6, 6.07) is 9.58. The molecule has 0 amide bonds. The maximum absolute atomic E-state index is 11.9. The van der Waals surface area contributed by atoms with Crippen LogP contribution in [-0.2, 0) is 16.0 Å². The number of nitrogens with zero attached hydrogens (tertiary/aromatic N) is 1. The molecule has 1 aromatic carbocycles. The van der Waals surface area contributed by atoms with E-state index in [1.807, 2.05) is 44.2 Å². The number of ether oxygens (including phenoxy) is 2. The van der Waals surface area contributed by atoms with Gasteiger partial charge >= 0.3 is 0 Å². The average molecular weight is 261 g/mol. The molecule has 0 spiro atoms. The summed E-state index contributed by atoms with van der Waals surface area (Å²) in [5.74, 6) is -0.687. The van der Waals surface area contributed by atoms with Crippen molar-refractivity contribution >= 4 is 6.21 Å². The van der Waals surface area contributed by atoms with Crippen LogP contribution >= 0.6 is 0 Å². The molecule has 0 saturated carbocycles. The van der Waals surface area contributed by atoms with E-state index in [9.17, 15) is 5.21 Å². The van der Waals surface area contributed by atoms with Crippen LogP contribution in [0.15, 0.2) is 43.0 Å². The third kappa shape index (κ3) is 3.66. The fourth-order valence-corrected chi connectivity index (χ4v) is 2.09. The lowest BCUT2D eigenvalue weighted by Gasteiger charge is -2.15. The molecule has 1 fully saturated rings. The van der Waals surface area contributed by atoms with Crippen LogP contribution in [0, 0.1) is 5.21 Å². The molecule has 2 rings (SSSR count). The van der Waals surface area contributed by atoms with E-state index >= 15 is 0 Å². The predicted octanol–water partition coefficient (Wildman–Crippen LogP) is 2.47. The van der Waals surface area contributed by atoms with E-state index in [1.165, 1.54) is 6.21 Å². The number of hydrogen-bond donors (Lipinski definition) is 0. The number of hydroxylamine groups is 1. The second-order valence-electron chi connectivity index (χ2n) is 5.01. The van der Waals surface area contributed by atoms with Crippen LogP contribution in [0.1, 0.15) is 19.4 Å². The molecule has 0 N–H and O–H groups in total. The van der Waals surface area contributed by atoms with Crippen LogP contribution < -0.4 is 0 Å². The maximum atomic E-state index is 11.9. The Hall–Kier alpha value is -1.65. The number of benzene rings is 1. The minimum atomic E-state index is -0.687. The topological polar surface area (TPSA) is 44.5 Å². The number of rotatable bonds is 4. The van der Waals surface area contributed by atoms with Crippen LogP contribution in [0.3, 0.4) is 0 Å².